The number of aromatic nitrogens is 1. The quantitative estimate of drug-likeness (QED) is 0.0939. The highest BCUT2D eigenvalue weighted by atomic mass is 32.2. The Morgan fingerprint density at radius 1 is 0.844 bits per heavy atom. The van der Waals surface area contributed by atoms with E-state index in [9.17, 15) is 13.2 Å². The molecular weight excluding hydrogens is 623 g/mol. The van der Waals surface area contributed by atoms with Gasteiger partial charge in [0.05, 0.1) is 23.1 Å². The Morgan fingerprint density at radius 2 is 1.44 bits per heavy atom. The van der Waals surface area contributed by atoms with Crippen molar-refractivity contribution in [3.8, 4) is 5.75 Å². The Hall–Kier alpha value is -4.51. The van der Waals surface area contributed by atoms with Crippen LogP contribution in [0.4, 0.5) is 5.69 Å². The number of rotatable bonds is 12. The molecule has 7 nitrogen and oxygen atoms in total. The SMILES string of the molecule is COc1cc(NS(=O)(=O)c2cccs2)c2[nH]c(C(=O)NCCSC(c3ccccc3)(c3ccccc3)c3ccccc3)cc2c1. The molecule has 0 bridgehead atoms. The summed E-state index contributed by atoms with van der Waals surface area (Å²) in [6.45, 7) is 0.411. The van der Waals surface area contributed by atoms with Crippen LogP contribution in [0, 0.1) is 0 Å². The van der Waals surface area contributed by atoms with Gasteiger partial charge < -0.3 is 15.0 Å². The summed E-state index contributed by atoms with van der Waals surface area (Å²) >= 11 is 2.89. The number of carbonyl (C=O) groups is 1. The molecule has 45 heavy (non-hydrogen) atoms. The Morgan fingerprint density at radius 3 is 1.98 bits per heavy atom. The fourth-order valence-electron chi connectivity index (χ4n) is 5.38. The summed E-state index contributed by atoms with van der Waals surface area (Å²) in [4.78, 5) is 16.5. The van der Waals surface area contributed by atoms with Gasteiger partial charge >= 0.3 is 0 Å². The van der Waals surface area contributed by atoms with Crippen molar-refractivity contribution in [2.75, 3.05) is 24.1 Å². The lowest BCUT2D eigenvalue weighted by molar-refractivity contribution is 0.0952. The van der Waals surface area contributed by atoms with E-state index in [0.29, 0.717) is 40.3 Å². The van der Waals surface area contributed by atoms with Gasteiger partial charge in [-0.05, 0) is 40.3 Å². The number of hydrogen-bond acceptors (Lipinski definition) is 6. The number of sulfonamides is 1. The molecule has 0 spiro atoms. The van der Waals surface area contributed by atoms with Gasteiger partial charge in [0.15, 0.2) is 0 Å². The molecule has 0 fully saturated rings. The van der Waals surface area contributed by atoms with Gasteiger partial charge in [0.25, 0.3) is 15.9 Å². The molecule has 6 aromatic rings. The lowest BCUT2D eigenvalue weighted by Crippen LogP contribution is -2.30. The second-order valence-corrected chi connectivity index (χ2v) is 14.4. The lowest BCUT2D eigenvalue weighted by Gasteiger charge is -2.35. The number of nitrogens with one attached hydrogen (secondary N) is 3. The van der Waals surface area contributed by atoms with Gasteiger partial charge in [-0.2, -0.15) is 0 Å². The third-order valence-corrected chi connectivity index (χ3v) is 11.7. The highest BCUT2D eigenvalue weighted by Crippen LogP contribution is 2.48. The van der Waals surface area contributed by atoms with Crippen LogP contribution in [0.3, 0.4) is 0 Å². The summed E-state index contributed by atoms with van der Waals surface area (Å²) in [7, 11) is -2.30. The standard InChI is InChI=1S/C35H31N3O4S3/c1-42-29-22-25-23-31(37-33(25)30(24-29)38-45(40,41)32-18-11-20-43-32)34(39)36-19-21-44-35(26-12-5-2-6-13-26,27-14-7-3-8-15-27)28-16-9-4-10-17-28/h2-18,20,22-24,37-38H,19,21H2,1H3,(H,36,39). The molecule has 0 unspecified atom stereocenters. The number of anilines is 1. The number of aromatic amines is 1. The molecule has 0 saturated carbocycles. The molecule has 0 aliphatic heterocycles. The van der Waals surface area contributed by atoms with Crippen LogP contribution in [0.25, 0.3) is 10.9 Å². The summed E-state index contributed by atoms with van der Waals surface area (Å²) in [5.41, 5.74) is 4.57. The van der Waals surface area contributed by atoms with Crippen molar-refractivity contribution in [3.05, 3.63) is 149 Å². The molecule has 2 heterocycles. The van der Waals surface area contributed by atoms with Crippen molar-refractivity contribution < 1.29 is 17.9 Å². The Kier molecular flexibility index (Phi) is 8.97. The van der Waals surface area contributed by atoms with E-state index in [1.165, 1.54) is 13.2 Å². The van der Waals surface area contributed by atoms with Crippen LogP contribution in [0.1, 0.15) is 27.2 Å². The lowest BCUT2D eigenvalue weighted by atomic mass is 9.84. The first-order chi connectivity index (χ1) is 21.9. The number of methoxy groups -OCH3 is 1. The minimum absolute atomic E-state index is 0.193. The number of amides is 1. The number of ether oxygens (including phenoxy) is 1. The zero-order chi connectivity index (χ0) is 31.3. The number of thioether (sulfide) groups is 1. The number of H-pyrrole nitrogens is 1. The van der Waals surface area contributed by atoms with E-state index < -0.39 is 14.8 Å². The molecule has 0 atom stereocenters. The summed E-state index contributed by atoms with van der Waals surface area (Å²) < 4.78 is 33.7. The highest BCUT2D eigenvalue weighted by Gasteiger charge is 2.36. The third kappa shape index (κ3) is 6.35. The first-order valence-corrected chi connectivity index (χ1v) is 17.6. The summed E-state index contributed by atoms with van der Waals surface area (Å²) in [6, 6.07) is 39.5. The number of carbonyl (C=O) groups excluding carboxylic acids is 1. The smallest absolute Gasteiger partial charge is 0.271 e. The second kappa shape index (κ2) is 13.2. The van der Waals surface area contributed by atoms with Crippen LogP contribution in [-0.2, 0) is 14.8 Å². The Labute approximate surface area is 270 Å². The molecule has 3 N–H and O–H groups in total. The average molecular weight is 654 g/mol. The number of thiophene rings is 1. The fourth-order valence-corrected chi connectivity index (χ4v) is 8.86. The molecule has 0 aliphatic rings. The molecule has 6 rings (SSSR count). The monoisotopic (exact) mass is 653 g/mol. The zero-order valence-corrected chi connectivity index (χ0v) is 26.8. The first kappa shape index (κ1) is 30.5. The van der Waals surface area contributed by atoms with Crippen LogP contribution in [0.2, 0.25) is 0 Å². The number of hydrogen-bond donors (Lipinski definition) is 3. The molecular formula is C35H31N3O4S3. The van der Waals surface area contributed by atoms with Crippen LogP contribution < -0.4 is 14.8 Å². The molecule has 0 saturated heterocycles. The maximum atomic E-state index is 13.4. The third-order valence-electron chi connectivity index (χ3n) is 7.43. The predicted octanol–water partition coefficient (Wildman–Crippen LogP) is 7.49. The number of fused-ring (bicyclic) bond motifs is 1. The summed E-state index contributed by atoms with van der Waals surface area (Å²) in [6.07, 6.45) is 0. The maximum absolute atomic E-state index is 13.4. The molecule has 0 radical (unpaired) electrons. The predicted molar refractivity (Wildman–Crippen MR) is 184 cm³/mol. The van der Waals surface area contributed by atoms with E-state index >= 15 is 0 Å². The van der Waals surface area contributed by atoms with Gasteiger partial charge in [-0.15, -0.1) is 23.1 Å². The van der Waals surface area contributed by atoms with Gasteiger partial charge in [0.2, 0.25) is 0 Å². The van der Waals surface area contributed by atoms with E-state index in [0.717, 1.165) is 28.0 Å². The zero-order valence-electron chi connectivity index (χ0n) is 24.4. The van der Waals surface area contributed by atoms with Gasteiger partial charge in [-0.1, -0.05) is 97.1 Å². The number of benzene rings is 4. The minimum atomic E-state index is -3.81. The van der Waals surface area contributed by atoms with Crippen LogP contribution >= 0.6 is 23.1 Å². The largest absolute Gasteiger partial charge is 0.497 e. The van der Waals surface area contributed by atoms with Gasteiger partial charge in [-0.25, -0.2) is 8.42 Å². The van der Waals surface area contributed by atoms with Crippen LogP contribution in [-0.4, -0.2) is 38.7 Å². The van der Waals surface area contributed by atoms with Gasteiger partial charge in [-0.3, -0.25) is 9.52 Å². The van der Waals surface area contributed by atoms with Crippen molar-refractivity contribution >= 4 is 55.6 Å². The van der Waals surface area contributed by atoms with Crippen molar-refractivity contribution in [2.24, 2.45) is 0 Å². The Balaban J connectivity index is 1.24. The second-order valence-electron chi connectivity index (χ2n) is 10.2. The summed E-state index contributed by atoms with van der Waals surface area (Å²) in [5, 5.41) is 5.40. The van der Waals surface area contributed by atoms with Crippen molar-refractivity contribution in [3.63, 3.8) is 0 Å². The maximum Gasteiger partial charge on any atom is 0.271 e. The van der Waals surface area contributed by atoms with E-state index in [1.807, 2.05) is 18.2 Å². The summed E-state index contributed by atoms with van der Waals surface area (Å²) in [5.74, 6) is 0.806. The van der Waals surface area contributed by atoms with Crippen molar-refractivity contribution in [1.82, 2.24) is 10.3 Å². The van der Waals surface area contributed by atoms with Crippen LogP contribution in [0.15, 0.2) is 131 Å². The fraction of sp³-hybridized carbons (Fsp3) is 0.114. The van der Waals surface area contributed by atoms with Crippen molar-refractivity contribution in [2.45, 2.75) is 8.96 Å². The molecule has 1 amide bonds. The highest BCUT2D eigenvalue weighted by molar-refractivity contribution is 8.00. The molecule has 0 aliphatic carbocycles. The van der Waals surface area contributed by atoms with Gasteiger partial charge in [0, 0.05) is 23.8 Å². The minimum Gasteiger partial charge on any atom is -0.497 e. The molecule has 4 aromatic carbocycles. The van der Waals surface area contributed by atoms with E-state index in [4.69, 9.17) is 4.74 Å². The first-order valence-electron chi connectivity index (χ1n) is 14.3. The van der Waals surface area contributed by atoms with E-state index in [2.05, 4.69) is 87.8 Å². The van der Waals surface area contributed by atoms with Gasteiger partial charge in [0.1, 0.15) is 15.7 Å². The van der Waals surface area contributed by atoms with Crippen LogP contribution in [0.5, 0.6) is 5.75 Å². The van der Waals surface area contributed by atoms with E-state index in [-0.39, 0.29) is 10.1 Å². The Bertz CT molecular complexity index is 1900. The van der Waals surface area contributed by atoms with E-state index in [1.54, 1.807) is 41.4 Å². The average Bonchev–Trinajstić information content (AvgIpc) is 3.78. The normalized spacial score (nSPS) is 11.8. The molecule has 2 aromatic heterocycles. The molecule has 10 heteroatoms. The molecule has 228 valence electrons. The van der Waals surface area contributed by atoms with Crippen molar-refractivity contribution in [1.29, 1.82) is 0 Å². The topological polar surface area (TPSA) is 100 Å².